The van der Waals surface area contributed by atoms with Gasteiger partial charge >= 0.3 is 7.60 Å². The first kappa shape index (κ1) is 24.5. The van der Waals surface area contributed by atoms with Crippen LogP contribution < -0.4 is 0 Å². The van der Waals surface area contributed by atoms with Crippen LogP contribution in [0.2, 0.25) is 0 Å². The van der Waals surface area contributed by atoms with Gasteiger partial charge in [-0.05, 0) is 44.9 Å². The highest BCUT2D eigenvalue weighted by Crippen LogP contribution is 2.62. The van der Waals surface area contributed by atoms with Gasteiger partial charge in [-0.25, -0.2) is 9.67 Å². The molecule has 0 amide bonds. The lowest BCUT2D eigenvalue weighted by Gasteiger charge is -2.28. The molecule has 2 heterocycles. The van der Waals surface area contributed by atoms with Crippen molar-refractivity contribution in [3.05, 3.63) is 41.5 Å². The van der Waals surface area contributed by atoms with Crippen LogP contribution in [0.4, 0.5) is 5.82 Å². The van der Waals surface area contributed by atoms with Gasteiger partial charge in [0.2, 0.25) is 0 Å². The molecule has 1 aliphatic rings. The summed E-state index contributed by atoms with van der Waals surface area (Å²) >= 11 is 1.35. The zero-order valence-electron chi connectivity index (χ0n) is 18.8. The summed E-state index contributed by atoms with van der Waals surface area (Å²) in [4.78, 5) is 6.82. The Balaban J connectivity index is 2.19. The monoisotopic (exact) mass is 475 g/mol. The Hall–Kier alpha value is -2.11. The van der Waals surface area contributed by atoms with E-state index in [1.165, 1.54) is 18.2 Å². The van der Waals surface area contributed by atoms with Crippen molar-refractivity contribution in [1.82, 2.24) is 14.7 Å². The molecule has 32 heavy (non-hydrogen) atoms. The standard InChI is InChI=1S/C22H30N5O3PS/c1-4-29-31(28,30-5-2)22(18-12-8-6-9-13-18)27-20(19(16-23)21(25-27)32-3)24-17-26-14-10-7-11-15-26/h6,8-9,12-13,17,22H,4-5,7,10-11,14-15H2,1-3H3/b24-17+. The van der Waals surface area contributed by atoms with E-state index in [9.17, 15) is 9.83 Å². The molecule has 3 rings (SSSR count). The maximum Gasteiger partial charge on any atom is 0.359 e. The minimum absolute atomic E-state index is 0.217. The molecule has 1 aromatic heterocycles. The maximum atomic E-state index is 14.0. The Kier molecular flexibility index (Phi) is 8.94. The van der Waals surface area contributed by atoms with Gasteiger partial charge in [-0.15, -0.1) is 11.8 Å². The van der Waals surface area contributed by atoms with Gasteiger partial charge in [0.05, 0.1) is 19.6 Å². The number of hydrogen-bond donors (Lipinski definition) is 0. The number of aliphatic imine (C=N–C) groups is 1. The number of nitriles is 1. The summed E-state index contributed by atoms with van der Waals surface area (Å²) in [5.41, 5.74) is 1.07. The molecule has 1 aliphatic heterocycles. The average molecular weight is 476 g/mol. The first-order valence-corrected chi connectivity index (χ1v) is 13.7. The summed E-state index contributed by atoms with van der Waals surface area (Å²) in [7, 11) is -3.69. The van der Waals surface area contributed by atoms with Crippen molar-refractivity contribution in [1.29, 1.82) is 5.26 Å². The molecule has 0 spiro atoms. The SMILES string of the molecule is CCOP(=O)(OCC)C(c1ccccc1)n1nc(SC)c(C#N)c1/N=C/N1CCCCC1. The molecule has 0 aliphatic carbocycles. The van der Waals surface area contributed by atoms with Crippen LogP contribution in [0, 0.1) is 11.3 Å². The Morgan fingerprint density at radius 1 is 1.22 bits per heavy atom. The molecule has 1 atom stereocenters. The van der Waals surface area contributed by atoms with Crippen LogP contribution in [-0.4, -0.2) is 53.6 Å². The summed E-state index contributed by atoms with van der Waals surface area (Å²) in [6.07, 6.45) is 7.07. The largest absolute Gasteiger partial charge is 0.363 e. The minimum Gasteiger partial charge on any atom is -0.363 e. The van der Waals surface area contributed by atoms with Crippen molar-refractivity contribution in [3.8, 4) is 6.07 Å². The highest BCUT2D eigenvalue weighted by Gasteiger charge is 2.41. The first-order valence-electron chi connectivity index (χ1n) is 10.9. The number of piperidine rings is 1. The van der Waals surface area contributed by atoms with Crippen molar-refractivity contribution in [2.45, 2.75) is 43.9 Å². The van der Waals surface area contributed by atoms with E-state index in [0.717, 1.165) is 25.9 Å². The lowest BCUT2D eigenvalue weighted by Crippen LogP contribution is -2.28. The molecule has 0 radical (unpaired) electrons. The van der Waals surface area contributed by atoms with Crippen molar-refractivity contribution in [2.75, 3.05) is 32.6 Å². The van der Waals surface area contributed by atoms with Crippen molar-refractivity contribution in [2.24, 2.45) is 4.99 Å². The summed E-state index contributed by atoms with van der Waals surface area (Å²) in [5.74, 6) is -0.513. The lowest BCUT2D eigenvalue weighted by molar-refractivity contribution is 0.206. The molecule has 0 bridgehead atoms. The van der Waals surface area contributed by atoms with Gasteiger partial charge in [-0.2, -0.15) is 10.4 Å². The number of hydrogen-bond acceptors (Lipinski definition) is 7. The fourth-order valence-corrected chi connectivity index (χ4v) is 6.29. The quantitative estimate of drug-likeness (QED) is 0.196. The Morgan fingerprint density at radius 2 is 1.88 bits per heavy atom. The third-order valence-corrected chi connectivity index (χ3v) is 8.16. The zero-order chi connectivity index (χ0) is 23.0. The van der Waals surface area contributed by atoms with Gasteiger partial charge < -0.3 is 13.9 Å². The number of thioether (sulfide) groups is 1. The van der Waals surface area contributed by atoms with E-state index >= 15 is 0 Å². The number of likely N-dealkylation sites (tertiary alicyclic amines) is 1. The zero-order valence-corrected chi connectivity index (χ0v) is 20.5. The van der Waals surface area contributed by atoms with Gasteiger partial charge in [0.1, 0.15) is 16.7 Å². The number of nitrogens with zero attached hydrogens (tertiary/aromatic N) is 5. The molecule has 1 unspecified atom stereocenters. The fraction of sp³-hybridized carbons (Fsp3) is 0.500. The molecular weight excluding hydrogens is 445 g/mol. The van der Waals surface area contributed by atoms with Crippen molar-refractivity contribution < 1.29 is 13.6 Å². The summed E-state index contributed by atoms with van der Waals surface area (Å²) in [6.45, 7) is 5.84. The Labute approximate surface area is 194 Å². The van der Waals surface area contributed by atoms with Gasteiger partial charge in [-0.1, -0.05) is 30.3 Å². The summed E-state index contributed by atoms with van der Waals surface area (Å²) in [5, 5.41) is 15.1. The topological polar surface area (TPSA) is 92.7 Å². The second-order valence-corrected chi connectivity index (χ2v) is 10.1. The van der Waals surface area contributed by atoms with Gasteiger partial charge in [-0.3, -0.25) is 4.57 Å². The normalized spacial score (nSPS) is 15.8. The highest BCUT2D eigenvalue weighted by molar-refractivity contribution is 7.98. The van der Waals surface area contributed by atoms with E-state index in [4.69, 9.17) is 9.05 Å². The molecule has 2 aromatic rings. The Morgan fingerprint density at radius 3 is 2.44 bits per heavy atom. The third kappa shape index (κ3) is 5.44. The van der Waals surface area contributed by atoms with Crippen LogP contribution in [0.5, 0.6) is 0 Å². The van der Waals surface area contributed by atoms with Crippen LogP contribution in [0.25, 0.3) is 0 Å². The van der Waals surface area contributed by atoms with E-state index in [1.807, 2.05) is 36.6 Å². The van der Waals surface area contributed by atoms with Crippen LogP contribution in [0.15, 0.2) is 40.4 Å². The fourth-order valence-electron chi connectivity index (χ4n) is 3.73. The Bertz CT molecular complexity index is 989. The van der Waals surface area contributed by atoms with E-state index in [-0.39, 0.29) is 13.2 Å². The molecule has 0 N–H and O–H groups in total. The van der Waals surface area contributed by atoms with Crippen molar-refractivity contribution >= 4 is 31.5 Å². The number of aromatic nitrogens is 2. The molecule has 10 heteroatoms. The minimum atomic E-state index is -3.69. The number of benzene rings is 1. The molecule has 0 saturated carbocycles. The predicted molar refractivity (Wildman–Crippen MR) is 128 cm³/mol. The second-order valence-electron chi connectivity index (χ2n) is 7.27. The average Bonchev–Trinajstić information content (AvgIpc) is 3.16. The van der Waals surface area contributed by atoms with Crippen molar-refractivity contribution in [3.63, 3.8) is 0 Å². The lowest BCUT2D eigenvalue weighted by atomic mass is 10.1. The molecular formula is C22H30N5O3PS. The molecule has 1 aromatic carbocycles. The van der Waals surface area contributed by atoms with Gasteiger partial charge in [0, 0.05) is 13.1 Å². The smallest absolute Gasteiger partial charge is 0.359 e. The molecule has 172 valence electrons. The van der Waals surface area contributed by atoms with E-state index in [1.54, 1.807) is 24.9 Å². The van der Waals surface area contributed by atoms with Gasteiger partial charge in [0.25, 0.3) is 0 Å². The first-order chi connectivity index (χ1) is 15.6. The highest BCUT2D eigenvalue weighted by atomic mass is 32.2. The maximum absolute atomic E-state index is 14.0. The third-order valence-electron chi connectivity index (χ3n) is 5.14. The van der Waals surface area contributed by atoms with Crippen LogP contribution >= 0.6 is 19.4 Å². The molecule has 1 fully saturated rings. The molecule has 8 nitrogen and oxygen atoms in total. The van der Waals surface area contributed by atoms with Crippen LogP contribution in [-0.2, 0) is 13.6 Å². The molecule has 1 saturated heterocycles. The van der Waals surface area contributed by atoms with Crippen LogP contribution in [0.3, 0.4) is 0 Å². The number of rotatable bonds is 10. The summed E-state index contributed by atoms with van der Waals surface area (Å²) in [6, 6.07) is 11.6. The van der Waals surface area contributed by atoms with E-state index in [2.05, 4.69) is 21.1 Å². The van der Waals surface area contributed by atoms with Gasteiger partial charge in [0.15, 0.2) is 11.6 Å². The van der Waals surface area contributed by atoms with Crippen LogP contribution in [0.1, 0.15) is 50.0 Å². The predicted octanol–water partition coefficient (Wildman–Crippen LogP) is 5.44. The second kappa shape index (κ2) is 11.7. The van der Waals surface area contributed by atoms with E-state index in [0.29, 0.717) is 22.0 Å². The van der Waals surface area contributed by atoms with E-state index < -0.39 is 13.4 Å². The summed E-state index contributed by atoms with van der Waals surface area (Å²) < 4.78 is 27.0.